The van der Waals surface area contributed by atoms with Crippen molar-refractivity contribution in [2.45, 2.75) is 45.6 Å². The minimum Gasteiger partial charge on any atom is -0.480 e. The maximum Gasteiger partial charge on any atom is 0.326 e. The molecule has 1 aromatic carbocycles. The van der Waals surface area contributed by atoms with E-state index in [2.05, 4.69) is 17.1 Å². The summed E-state index contributed by atoms with van der Waals surface area (Å²) in [6.07, 6.45) is 3.18. The topological polar surface area (TPSA) is 69.6 Å². The number of rotatable bonds is 9. The second-order valence-corrected chi connectivity index (χ2v) is 5.47. The molecule has 0 radical (unpaired) electrons. The average Bonchev–Trinajstić information content (AvgIpc) is 2.51. The van der Waals surface area contributed by atoms with E-state index in [9.17, 15) is 9.59 Å². The van der Waals surface area contributed by atoms with E-state index in [4.69, 9.17) is 5.11 Å². The summed E-state index contributed by atoms with van der Waals surface area (Å²) in [5.41, 5.74) is 1.52. The van der Waals surface area contributed by atoms with Crippen molar-refractivity contribution in [2.24, 2.45) is 0 Å². The molecule has 2 N–H and O–H groups in total. The molecule has 122 valence electrons. The number of carboxylic acid groups (broad SMARTS) is 1. The largest absolute Gasteiger partial charge is 0.480 e. The van der Waals surface area contributed by atoms with Gasteiger partial charge in [0.05, 0.1) is 0 Å². The van der Waals surface area contributed by atoms with E-state index in [1.807, 2.05) is 26.1 Å². The van der Waals surface area contributed by atoms with E-state index < -0.39 is 12.0 Å². The van der Waals surface area contributed by atoms with Gasteiger partial charge in [0.1, 0.15) is 6.04 Å². The first-order valence-electron chi connectivity index (χ1n) is 7.84. The van der Waals surface area contributed by atoms with Gasteiger partial charge in [-0.2, -0.15) is 0 Å². The van der Waals surface area contributed by atoms with Crippen LogP contribution in [0.15, 0.2) is 24.3 Å². The van der Waals surface area contributed by atoms with Gasteiger partial charge in [-0.05, 0) is 37.1 Å². The number of carbonyl (C=O) groups is 2. The van der Waals surface area contributed by atoms with Crippen LogP contribution in [0.25, 0.3) is 0 Å². The number of hydrogen-bond acceptors (Lipinski definition) is 3. The van der Waals surface area contributed by atoms with Crippen LogP contribution in [0.3, 0.4) is 0 Å². The number of nitrogens with zero attached hydrogens (tertiary/aromatic N) is 1. The zero-order chi connectivity index (χ0) is 16.5. The van der Waals surface area contributed by atoms with Crippen LogP contribution in [0.4, 0.5) is 5.69 Å². The summed E-state index contributed by atoms with van der Waals surface area (Å²) < 4.78 is 0. The van der Waals surface area contributed by atoms with Crippen LogP contribution in [-0.2, 0) is 4.79 Å². The fraction of sp³-hybridized carbons (Fsp3) is 0.529. The Morgan fingerprint density at radius 2 is 1.82 bits per heavy atom. The Labute approximate surface area is 132 Å². The average molecular weight is 306 g/mol. The summed E-state index contributed by atoms with van der Waals surface area (Å²) in [6.45, 7) is 5.05. The Morgan fingerprint density at radius 3 is 2.32 bits per heavy atom. The second kappa shape index (κ2) is 9.07. The maximum absolute atomic E-state index is 12.1. The summed E-state index contributed by atoms with van der Waals surface area (Å²) in [5, 5.41) is 11.7. The summed E-state index contributed by atoms with van der Waals surface area (Å²) in [4.78, 5) is 25.4. The van der Waals surface area contributed by atoms with Crippen LogP contribution >= 0.6 is 0 Å². The number of nitrogens with one attached hydrogen (secondary N) is 1. The van der Waals surface area contributed by atoms with Crippen molar-refractivity contribution in [2.75, 3.05) is 18.5 Å². The van der Waals surface area contributed by atoms with Crippen molar-refractivity contribution >= 4 is 17.6 Å². The van der Waals surface area contributed by atoms with Gasteiger partial charge < -0.3 is 15.3 Å². The molecular weight excluding hydrogens is 280 g/mol. The third kappa shape index (κ3) is 5.39. The molecule has 0 saturated heterocycles. The predicted octanol–water partition coefficient (Wildman–Crippen LogP) is 2.91. The molecule has 1 aromatic rings. The highest BCUT2D eigenvalue weighted by Crippen LogP contribution is 2.14. The van der Waals surface area contributed by atoms with Crippen molar-refractivity contribution in [3.8, 4) is 0 Å². The Balaban J connectivity index is 2.70. The zero-order valence-corrected chi connectivity index (χ0v) is 13.6. The molecular formula is C17H26N2O3. The predicted molar refractivity (Wildman–Crippen MR) is 88.4 cm³/mol. The highest BCUT2D eigenvalue weighted by Gasteiger charge is 2.19. The van der Waals surface area contributed by atoms with Crippen LogP contribution in [0.1, 0.15) is 49.9 Å². The lowest BCUT2D eigenvalue weighted by atomic mass is 10.1. The summed E-state index contributed by atoms with van der Waals surface area (Å²) in [5.74, 6) is -1.32. The molecule has 1 rings (SSSR count). The number of benzene rings is 1. The normalized spacial score (nSPS) is 11.8. The molecule has 1 atom stereocenters. The molecule has 22 heavy (non-hydrogen) atoms. The van der Waals surface area contributed by atoms with E-state index in [1.165, 1.54) is 0 Å². The van der Waals surface area contributed by atoms with Gasteiger partial charge in [-0.15, -0.1) is 0 Å². The Morgan fingerprint density at radius 1 is 1.18 bits per heavy atom. The van der Waals surface area contributed by atoms with Gasteiger partial charge in [-0.3, -0.25) is 4.79 Å². The first-order chi connectivity index (χ1) is 10.5. The number of aliphatic carboxylic acids is 1. The van der Waals surface area contributed by atoms with E-state index in [0.29, 0.717) is 12.0 Å². The van der Waals surface area contributed by atoms with Crippen LogP contribution in [0.2, 0.25) is 0 Å². The number of anilines is 1. The first kappa shape index (κ1) is 18.0. The second-order valence-electron chi connectivity index (χ2n) is 5.47. The molecule has 0 aliphatic rings. The van der Waals surface area contributed by atoms with Gasteiger partial charge in [-0.25, -0.2) is 4.79 Å². The van der Waals surface area contributed by atoms with E-state index in [-0.39, 0.29) is 5.91 Å². The van der Waals surface area contributed by atoms with Crippen molar-refractivity contribution in [3.05, 3.63) is 29.8 Å². The minimum absolute atomic E-state index is 0.340. The SMILES string of the molecule is CCCCC(NC(=O)c1ccc(N(C)CCC)cc1)C(=O)O. The van der Waals surface area contributed by atoms with Crippen molar-refractivity contribution in [3.63, 3.8) is 0 Å². The molecule has 1 unspecified atom stereocenters. The van der Waals surface area contributed by atoms with Gasteiger partial charge in [0.15, 0.2) is 0 Å². The Bertz CT molecular complexity index is 485. The van der Waals surface area contributed by atoms with E-state index >= 15 is 0 Å². The van der Waals surface area contributed by atoms with Crippen LogP contribution in [0.5, 0.6) is 0 Å². The van der Waals surface area contributed by atoms with E-state index in [0.717, 1.165) is 31.5 Å². The monoisotopic (exact) mass is 306 g/mol. The molecule has 0 aliphatic heterocycles. The lowest BCUT2D eigenvalue weighted by Gasteiger charge is -2.19. The van der Waals surface area contributed by atoms with E-state index in [1.54, 1.807) is 12.1 Å². The maximum atomic E-state index is 12.1. The van der Waals surface area contributed by atoms with Gasteiger partial charge in [0.2, 0.25) is 0 Å². The third-order valence-corrected chi connectivity index (χ3v) is 3.58. The summed E-state index contributed by atoms with van der Waals surface area (Å²) >= 11 is 0. The quantitative estimate of drug-likeness (QED) is 0.736. The Hall–Kier alpha value is -2.04. The standard InChI is InChI=1S/C17H26N2O3/c1-4-6-7-15(17(21)22)18-16(20)13-8-10-14(11-9-13)19(3)12-5-2/h8-11,15H,4-7,12H2,1-3H3,(H,18,20)(H,21,22). The molecule has 5 nitrogen and oxygen atoms in total. The number of carboxylic acids is 1. The molecule has 0 heterocycles. The first-order valence-corrected chi connectivity index (χ1v) is 7.84. The number of amides is 1. The highest BCUT2D eigenvalue weighted by atomic mass is 16.4. The van der Waals surface area contributed by atoms with Crippen molar-refractivity contribution in [1.29, 1.82) is 0 Å². The molecule has 0 spiro atoms. The van der Waals surface area contributed by atoms with Crippen molar-refractivity contribution in [1.82, 2.24) is 5.32 Å². The molecule has 0 saturated carbocycles. The fourth-order valence-electron chi connectivity index (χ4n) is 2.24. The molecule has 0 fully saturated rings. The van der Waals surface area contributed by atoms with Gasteiger partial charge in [-0.1, -0.05) is 26.7 Å². The Kier molecular flexibility index (Phi) is 7.43. The van der Waals surface area contributed by atoms with Crippen LogP contribution in [-0.4, -0.2) is 36.6 Å². The minimum atomic E-state index is -0.985. The molecule has 0 aromatic heterocycles. The van der Waals surface area contributed by atoms with Gasteiger partial charge in [0.25, 0.3) is 5.91 Å². The number of carbonyl (C=O) groups excluding carboxylic acids is 1. The van der Waals surface area contributed by atoms with Gasteiger partial charge >= 0.3 is 5.97 Å². The molecule has 0 bridgehead atoms. The van der Waals surface area contributed by atoms with Crippen LogP contribution in [0, 0.1) is 0 Å². The smallest absolute Gasteiger partial charge is 0.326 e. The lowest BCUT2D eigenvalue weighted by molar-refractivity contribution is -0.139. The lowest BCUT2D eigenvalue weighted by Crippen LogP contribution is -2.40. The number of unbranched alkanes of at least 4 members (excludes halogenated alkanes) is 1. The van der Waals surface area contributed by atoms with Gasteiger partial charge in [0, 0.05) is 24.8 Å². The molecule has 5 heteroatoms. The summed E-state index contributed by atoms with van der Waals surface area (Å²) in [6, 6.07) is 6.40. The van der Waals surface area contributed by atoms with Crippen LogP contribution < -0.4 is 10.2 Å². The molecule has 1 amide bonds. The fourth-order valence-corrected chi connectivity index (χ4v) is 2.24. The van der Waals surface area contributed by atoms with Crippen molar-refractivity contribution < 1.29 is 14.7 Å². The summed E-state index contributed by atoms with van der Waals surface area (Å²) in [7, 11) is 2.00. The highest BCUT2D eigenvalue weighted by molar-refractivity contribution is 5.96. The zero-order valence-electron chi connectivity index (χ0n) is 13.6. The third-order valence-electron chi connectivity index (χ3n) is 3.58. The molecule has 0 aliphatic carbocycles. The number of hydrogen-bond donors (Lipinski definition) is 2.